The van der Waals surface area contributed by atoms with E-state index in [1.165, 1.54) is 0 Å². The first kappa shape index (κ1) is 16.7. The molecule has 2 saturated heterocycles. The Hall–Kier alpha value is -0.690. The normalized spacial score (nSPS) is 22.3. The van der Waals surface area contributed by atoms with Crippen LogP contribution >= 0.6 is 0 Å². The summed E-state index contributed by atoms with van der Waals surface area (Å²) >= 11 is 0. The lowest BCUT2D eigenvalue weighted by Gasteiger charge is -2.33. The third kappa shape index (κ3) is 6.30. The number of nitrogens with one attached hydrogen (secondary N) is 1. The smallest absolute Gasteiger partial charge is 0.221 e. The highest BCUT2D eigenvalue weighted by molar-refractivity contribution is 5.76. The summed E-state index contributed by atoms with van der Waals surface area (Å²) in [7, 11) is 0. The number of ether oxygens (including phenoxy) is 1. The van der Waals surface area contributed by atoms with Crippen molar-refractivity contribution in [2.45, 2.75) is 13.3 Å². The van der Waals surface area contributed by atoms with Crippen molar-refractivity contribution in [3.8, 4) is 0 Å². The SMILES string of the molecule is CCN1CCN(CCC(=O)NCCN2CCOCC2)CC1. The zero-order valence-corrected chi connectivity index (χ0v) is 13.4. The van der Waals surface area contributed by atoms with Crippen LogP contribution in [0.1, 0.15) is 13.3 Å². The third-order valence-electron chi connectivity index (χ3n) is 4.42. The van der Waals surface area contributed by atoms with E-state index in [1.807, 2.05) is 0 Å². The Labute approximate surface area is 128 Å². The number of morpholine rings is 1. The molecule has 0 bridgehead atoms. The predicted octanol–water partition coefficient (Wildman–Crippen LogP) is -0.538. The van der Waals surface area contributed by atoms with Crippen molar-refractivity contribution in [3.05, 3.63) is 0 Å². The van der Waals surface area contributed by atoms with Gasteiger partial charge >= 0.3 is 0 Å². The number of nitrogens with zero attached hydrogens (tertiary/aromatic N) is 3. The van der Waals surface area contributed by atoms with Crippen LogP contribution in [0.4, 0.5) is 0 Å². The number of hydrogen-bond acceptors (Lipinski definition) is 5. The third-order valence-corrected chi connectivity index (χ3v) is 4.42. The second-order valence-electron chi connectivity index (χ2n) is 5.83. The Morgan fingerprint density at radius 3 is 2.24 bits per heavy atom. The molecule has 6 nitrogen and oxygen atoms in total. The Morgan fingerprint density at radius 1 is 0.952 bits per heavy atom. The fraction of sp³-hybridized carbons (Fsp3) is 0.933. The predicted molar refractivity (Wildman–Crippen MR) is 83.4 cm³/mol. The Kier molecular flexibility index (Phi) is 7.43. The van der Waals surface area contributed by atoms with Gasteiger partial charge in [0.1, 0.15) is 0 Å². The fourth-order valence-electron chi connectivity index (χ4n) is 2.86. The Morgan fingerprint density at radius 2 is 1.57 bits per heavy atom. The molecule has 0 aromatic rings. The van der Waals surface area contributed by atoms with Gasteiger partial charge in [0.2, 0.25) is 5.91 Å². The summed E-state index contributed by atoms with van der Waals surface area (Å²) in [4.78, 5) is 19.1. The molecular weight excluding hydrogens is 268 g/mol. The van der Waals surface area contributed by atoms with Gasteiger partial charge in [0.15, 0.2) is 0 Å². The molecule has 2 aliphatic rings. The summed E-state index contributed by atoms with van der Waals surface area (Å²) < 4.78 is 5.31. The second kappa shape index (κ2) is 9.35. The van der Waals surface area contributed by atoms with Crippen LogP contribution in [0.5, 0.6) is 0 Å². The maximum atomic E-state index is 11.9. The van der Waals surface area contributed by atoms with Crippen molar-refractivity contribution < 1.29 is 9.53 Å². The standard InChI is InChI=1S/C15H30N4O2/c1-2-17-7-9-18(10-8-17)5-3-15(20)16-4-6-19-11-13-21-14-12-19/h2-14H2,1H3,(H,16,20). The van der Waals surface area contributed by atoms with Crippen molar-refractivity contribution in [3.63, 3.8) is 0 Å². The number of piperazine rings is 1. The van der Waals surface area contributed by atoms with E-state index in [-0.39, 0.29) is 5.91 Å². The maximum Gasteiger partial charge on any atom is 0.221 e. The molecule has 0 aliphatic carbocycles. The van der Waals surface area contributed by atoms with E-state index in [2.05, 4.69) is 26.9 Å². The number of amides is 1. The van der Waals surface area contributed by atoms with Crippen LogP contribution in [-0.2, 0) is 9.53 Å². The quantitative estimate of drug-likeness (QED) is 0.684. The molecule has 0 spiro atoms. The van der Waals surface area contributed by atoms with E-state index >= 15 is 0 Å². The van der Waals surface area contributed by atoms with Crippen LogP contribution in [0, 0.1) is 0 Å². The summed E-state index contributed by atoms with van der Waals surface area (Å²) in [5.74, 6) is 0.182. The van der Waals surface area contributed by atoms with Gasteiger partial charge in [-0.05, 0) is 6.54 Å². The van der Waals surface area contributed by atoms with Crippen LogP contribution in [0.3, 0.4) is 0 Å². The molecule has 2 fully saturated rings. The molecule has 6 heteroatoms. The lowest BCUT2D eigenvalue weighted by Crippen LogP contribution is -2.47. The molecular formula is C15H30N4O2. The van der Waals surface area contributed by atoms with Crippen LogP contribution in [0.25, 0.3) is 0 Å². The molecule has 2 rings (SSSR count). The van der Waals surface area contributed by atoms with E-state index in [9.17, 15) is 4.79 Å². The first-order valence-corrected chi connectivity index (χ1v) is 8.29. The monoisotopic (exact) mass is 298 g/mol. The van der Waals surface area contributed by atoms with Crippen molar-refractivity contribution in [2.75, 3.05) is 78.7 Å². The molecule has 1 amide bonds. The van der Waals surface area contributed by atoms with Crippen LogP contribution in [-0.4, -0.2) is 99.3 Å². The number of likely N-dealkylation sites (N-methyl/N-ethyl adjacent to an activating group) is 1. The number of carbonyl (C=O) groups excluding carboxylic acids is 1. The zero-order chi connectivity index (χ0) is 14.9. The number of rotatable bonds is 7. The topological polar surface area (TPSA) is 48.0 Å². The fourth-order valence-corrected chi connectivity index (χ4v) is 2.86. The highest BCUT2D eigenvalue weighted by Gasteiger charge is 2.16. The molecule has 0 atom stereocenters. The molecule has 1 N–H and O–H groups in total. The van der Waals surface area contributed by atoms with Gasteiger partial charge in [0.05, 0.1) is 13.2 Å². The van der Waals surface area contributed by atoms with Crippen molar-refractivity contribution in [2.24, 2.45) is 0 Å². The molecule has 2 aliphatic heterocycles. The van der Waals surface area contributed by atoms with Gasteiger partial charge in [-0.25, -0.2) is 0 Å². The van der Waals surface area contributed by atoms with Gasteiger partial charge in [-0.3, -0.25) is 9.69 Å². The van der Waals surface area contributed by atoms with Crippen molar-refractivity contribution in [1.29, 1.82) is 0 Å². The molecule has 122 valence electrons. The summed E-state index contributed by atoms with van der Waals surface area (Å²) in [5, 5.41) is 3.03. The van der Waals surface area contributed by atoms with E-state index < -0.39 is 0 Å². The summed E-state index contributed by atoms with van der Waals surface area (Å²) in [5.41, 5.74) is 0. The van der Waals surface area contributed by atoms with Gasteiger partial charge in [0.25, 0.3) is 0 Å². The summed E-state index contributed by atoms with van der Waals surface area (Å²) in [6.07, 6.45) is 0.620. The molecule has 0 saturated carbocycles. The second-order valence-corrected chi connectivity index (χ2v) is 5.83. The van der Waals surface area contributed by atoms with Crippen LogP contribution in [0.2, 0.25) is 0 Å². The minimum Gasteiger partial charge on any atom is -0.379 e. The molecule has 0 radical (unpaired) electrons. The lowest BCUT2D eigenvalue weighted by molar-refractivity contribution is -0.121. The molecule has 0 aromatic heterocycles. The summed E-state index contributed by atoms with van der Waals surface area (Å²) in [6.45, 7) is 14.0. The van der Waals surface area contributed by atoms with E-state index in [0.717, 1.165) is 78.7 Å². The number of carbonyl (C=O) groups is 1. The van der Waals surface area contributed by atoms with Crippen molar-refractivity contribution >= 4 is 5.91 Å². The average Bonchev–Trinajstić information content (AvgIpc) is 2.54. The van der Waals surface area contributed by atoms with Crippen molar-refractivity contribution in [1.82, 2.24) is 20.0 Å². The van der Waals surface area contributed by atoms with E-state index in [4.69, 9.17) is 4.74 Å². The minimum absolute atomic E-state index is 0.182. The van der Waals surface area contributed by atoms with Gasteiger partial charge < -0.3 is 19.9 Å². The first-order chi connectivity index (χ1) is 10.3. The van der Waals surface area contributed by atoms with Crippen LogP contribution in [0.15, 0.2) is 0 Å². The van der Waals surface area contributed by atoms with E-state index in [0.29, 0.717) is 6.42 Å². The molecule has 0 aromatic carbocycles. The van der Waals surface area contributed by atoms with E-state index in [1.54, 1.807) is 0 Å². The number of hydrogen-bond donors (Lipinski definition) is 1. The molecule has 0 unspecified atom stereocenters. The lowest BCUT2D eigenvalue weighted by atomic mass is 10.3. The van der Waals surface area contributed by atoms with Gasteiger partial charge in [-0.2, -0.15) is 0 Å². The largest absolute Gasteiger partial charge is 0.379 e. The minimum atomic E-state index is 0.182. The Balaban J connectivity index is 1.49. The average molecular weight is 298 g/mol. The zero-order valence-electron chi connectivity index (χ0n) is 13.4. The highest BCUT2D eigenvalue weighted by Crippen LogP contribution is 2.01. The summed E-state index contributed by atoms with van der Waals surface area (Å²) in [6, 6.07) is 0. The van der Waals surface area contributed by atoms with Gasteiger partial charge in [-0.1, -0.05) is 6.92 Å². The first-order valence-electron chi connectivity index (χ1n) is 8.29. The molecule has 21 heavy (non-hydrogen) atoms. The highest BCUT2D eigenvalue weighted by atomic mass is 16.5. The van der Waals surface area contributed by atoms with Crippen LogP contribution < -0.4 is 5.32 Å². The molecule has 2 heterocycles. The maximum absolute atomic E-state index is 11.9. The van der Waals surface area contributed by atoms with Gasteiger partial charge in [-0.15, -0.1) is 0 Å². The Bertz CT molecular complexity index is 300. The van der Waals surface area contributed by atoms with Gasteiger partial charge in [0, 0.05) is 65.3 Å².